The number of carbonyl (C=O) groups is 2. The van der Waals surface area contributed by atoms with Crippen LogP contribution in [-0.2, 0) is 14.3 Å². The van der Waals surface area contributed by atoms with Crippen molar-refractivity contribution in [2.75, 3.05) is 7.11 Å². The third-order valence-electron chi connectivity index (χ3n) is 2.12. The number of methoxy groups -OCH3 is 1. The first-order chi connectivity index (χ1) is 5.66. The van der Waals surface area contributed by atoms with Crippen molar-refractivity contribution in [3.8, 4) is 0 Å². The summed E-state index contributed by atoms with van der Waals surface area (Å²) in [7, 11) is 1.31. The largest absolute Gasteiger partial charge is 0.468 e. The molecule has 0 N–H and O–H groups in total. The number of allylic oxidation sites excluding steroid dienone is 2. The van der Waals surface area contributed by atoms with Crippen LogP contribution in [0.4, 0.5) is 0 Å². The normalized spacial score (nSPS) is 28.7. The predicted octanol–water partition coefficient (Wildman–Crippen LogP) is 0.941. The van der Waals surface area contributed by atoms with Crippen molar-refractivity contribution < 1.29 is 14.3 Å². The van der Waals surface area contributed by atoms with Crippen LogP contribution < -0.4 is 0 Å². The topological polar surface area (TPSA) is 43.4 Å². The molecule has 1 rings (SSSR count). The molecule has 0 saturated heterocycles. The SMILES string of the molecule is COC(=O)C1C(=O)C=CC[C@H]1C. The summed E-state index contributed by atoms with van der Waals surface area (Å²) in [4.78, 5) is 22.3. The zero-order chi connectivity index (χ0) is 9.14. The molecular weight excluding hydrogens is 156 g/mol. The molecule has 0 radical (unpaired) electrons. The number of hydrogen-bond acceptors (Lipinski definition) is 3. The molecule has 0 spiro atoms. The standard InChI is InChI=1S/C9H12O3/c1-6-4-3-5-7(10)8(6)9(11)12-2/h3,5-6,8H,4H2,1-2H3/t6-,8?/m1/s1. The summed E-state index contributed by atoms with van der Waals surface area (Å²) < 4.78 is 4.54. The summed E-state index contributed by atoms with van der Waals surface area (Å²) in [5, 5.41) is 0. The predicted molar refractivity (Wildman–Crippen MR) is 43.4 cm³/mol. The zero-order valence-corrected chi connectivity index (χ0v) is 7.24. The van der Waals surface area contributed by atoms with E-state index in [4.69, 9.17) is 0 Å². The van der Waals surface area contributed by atoms with Crippen LogP contribution >= 0.6 is 0 Å². The Morgan fingerprint density at radius 3 is 2.83 bits per heavy atom. The van der Waals surface area contributed by atoms with Gasteiger partial charge in [0, 0.05) is 0 Å². The zero-order valence-electron chi connectivity index (χ0n) is 7.24. The van der Waals surface area contributed by atoms with E-state index in [1.165, 1.54) is 13.2 Å². The van der Waals surface area contributed by atoms with E-state index in [9.17, 15) is 9.59 Å². The Morgan fingerprint density at radius 2 is 2.33 bits per heavy atom. The second kappa shape index (κ2) is 3.52. The minimum absolute atomic E-state index is 0.0648. The van der Waals surface area contributed by atoms with E-state index in [2.05, 4.69) is 4.74 Å². The maximum atomic E-state index is 11.2. The number of rotatable bonds is 1. The van der Waals surface area contributed by atoms with Crippen LogP contribution in [0.3, 0.4) is 0 Å². The second-order valence-electron chi connectivity index (χ2n) is 3.02. The van der Waals surface area contributed by atoms with Gasteiger partial charge in [-0.15, -0.1) is 0 Å². The Labute approximate surface area is 71.4 Å². The molecule has 0 aromatic heterocycles. The Morgan fingerprint density at radius 1 is 1.67 bits per heavy atom. The number of hydrogen-bond donors (Lipinski definition) is 0. The van der Waals surface area contributed by atoms with Gasteiger partial charge in [0.05, 0.1) is 7.11 Å². The number of ether oxygens (including phenoxy) is 1. The van der Waals surface area contributed by atoms with E-state index in [-0.39, 0.29) is 11.7 Å². The van der Waals surface area contributed by atoms with Crippen LogP contribution in [0.1, 0.15) is 13.3 Å². The molecule has 3 nitrogen and oxygen atoms in total. The first-order valence-electron chi connectivity index (χ1n) is 3.95. The Hall–Kier alpha value is -1.12. The molecular formula is C9H12O3. The fraction of sp³-hybridized carbons (Fsp3) is 0.556. The van der Waals surface area contributed by atoms with E-state index in [1.807, 2.05) is 6.92 Å². The molecule has 0 aliphatic heterocycles. The molecule has 0 aromatic carbocycles. The van der Waals surface area contributed by atoms with Crippen molar-refractivity contribution in [1.29, 1.82) is 0 Å². The van der Waals surface area contributed by atoms with Crippen molar-refractivity contribution >= 4 is 11.8 Å². The van der Waals surface area contributed by atoms with Crippen molar-refractivity contribution in [2.24, 2.45) is 11.8 Å². The van der Waals surface area contributed by atoms with Crippen LogP contribution in [0.25, 0.3) is 0 Å². The number of carbonyl (C=O) groups excluding carboxylic acids is 2. The number of ketones is 1. The van der Waals surface area contributed by atoms with Crippen LogP contribution in [0.15, 0.2) is 12.2 Å². The van der Waals surface area contributed by atoms with E-state index in [1.54, 1.807) is 6.08 Å². The van der Waals surface area contributed by atoms with Gasteiger partial charge in [0.1, 0.15) is 5.92 Å². The lowest BCUT2D eigenvalue weighted by Crippen LogP contribution is -2.31. The molecule has 12 heavy (non-hydrogen) atoms. The van der Waals surface area contributed by atoms with E-state index < -0.39 is 11.9 Å². The summed E-state index contributed by atoms with van der Waals surface area (Å²) in [6.07, 6.45) is 4.03. The Balaban J connectivity index is 2.79. The van der Waals surface area contributed by atoms with Gasteiger partial charge in [-0.05, 0) is 18.4 Å². The molecule has 0 aromatic rings. The summed E-state index contributed by atoms with van der Waals surface area (Å²) in [6.45, 7) is 1.88. The molecule has 0 heterocycles. The van der Waals surface area contributed by atoms with Crippen molar-refractivity contribution in [3.05, 3.63) is 12.2 Å². The van der Waals surface area contributed by atoms with E-state index in [0.717, 1.165) is 6.42 Å². The fourth-order valence-corrected chi connectivity index (χ4v) is 1.39. The van der Waals surface area contributed by atoms with Gasteiger partial charge in [-0.2, -0.15) is 0 Å². The quantitative estimate of drug-likeness (QED) is 0.432. The highest BCUT2D eigenvalue weighted by Crippen LogP contribution is 2.23. The average Bonchev–Trinajstić information content (AvgIpc) is 2.03. The summed E-state index contributed by atoms with van der Waals surface area (Å²) in [5.41, 5.74) is 0. The van der Waals surface area contributed by atoms with Crippen LogP contribution in [0.5, 0.6) is 0 Å². The fourth-order valence-electron chi connectivity index (χ4n) is 1.39. The highest BCUT2D eigenvalue weighted by Gasteiger charge is 2.32. The van der Waals surface area contributed by atoms with Crippen LogP contribution in [0, 0.1) is 11.8 Å². The van der Waals surface area contributed by atoms with Crippen LogP contribution in [0.2, 0.25) is 0 Å². The molecule has 0 saturated carbocycles. The van der Waals surface area contributed by atoms with Gasteiger partial charge in [-0.25, -0.2) is 0 Å². The molecule has 1 unspecified atom stereocenters. The molecule has 2 atom stereocenters. The lowest BCUT2D eigenvalue weighted by atomic mass is 9.83. The maximum Gasteiger partial charge on any atom is 0.316 e. The minimum atomic E-state index is -0.583. The monoisotopic (exact) mass is 168 g/mol. The summed E-state index contributed by atoms with van der Waals surface area (Å²) >= 11 is 0. The second-order valence-corrected chi connectivity index (χ2v) is 3.02. The van der Waals surface area contributed by atoms with Gasteiger partial charge >= 0.3 is 5.97 Å². The molecule has 66 valence electrons. The Kier molecular flexibility index (Phi) is 2.63. The van der Waals surface area contributed by atoms with Crippen molar-refractivity contribution in [3.63, 3.8) is 0 Å². The van der Waals surface area contributed by atoms with Crippen LogP contribution in [-0.4, -0.2) is 18.9 Å². The van der Waals surface area contributed by atoms with E-state index >= 15 is 0 Å². The highest BCUT2D eigenvalue weighted by molar-refractivity contribution is 6.05. The average molecular weight is 168 g/mol. The van der Waals surface area contributed by atoms with Gasteiger partial charge in [0.2, 0.25) is 0 Å². The van der Waals surface area contributed by atoms with E-state index in [0.29, 0.717) is 0 Å². The molecule has 1 aliphatic carbocycles. The lowest BCUT2D eigenvalue weighted by molar-refractivity contribution is -0.150. The maximum absolute atomic E-state index is 11.2. The molecule has 0 amide bonds. The third kappa shape index (κ3) is 1.55. The lowest BCUT2D eigenvalue weighted by Gasteiger charge is -2.20. The van der Waals surface area contributed by atoms with Crippen molar-refractivity contribution in [1.82, 2.24) is 0 Å². The summed E-state index contributed by atoms with van der Waals surface area (Å²) in [5.74, 6) is -1.08. The van der Waals surface area contributed by atoms with Gasteiger partial charge in [-0.1, -0.05) is 13.0 Å². The molecule has 1 aliphatic rings. The van der Waals surface area contributed by atoms with Gasteiger partial charge in [0.25, 0.3) is 0 Å². The summed E-state index contributed by atoms with van der Waals surface area (Å²) in [6, 6.07) is 0. The molecule has 3 heteroatoms. The molecule has 0 bridgehead atoms. The van der Waals surface area contributed by atoms with Gasteiger partial charge in [0.15, 0.2) is 5.78 Å². The van der Waals surface area contributed by atoms with Gasteiger partial charge < -0.3 is 4.74 Å². The Bertz CT molecular complexity index is 230. The first-order valence-corrected chi connectivity index (χ1v) is 3.95. The number of esters is 1. The third-order valence-corrected chi connectivity index (χ3v) is 2.12. The van der Waals surface area contributed by atoms with Gasteiger partial charge in [-0.3, -0.25) is 9.59 Å². The minimum Gasteiger partial charge on any atom is -0.468 e. The van der Waals surface area contributed by atoms with Crippen molar-refractivity contribution in [2.45, 2.75) is 13.3 Å². The first kappa shape index (κ1) is 8.97. The smallest absolute Gasteiger partial charge is 0.316 e. The molecule has 0 fully saturated rings. The highest BCUT2D eigenvalue weighted by atomic mass is 16.5.